The fourth-order valence-electron chi connectivity index (χ4n) is 3.02. The van der Waals surface area contributed by atoms with E-state index in [1.54, 1.807) is 24.3 Å². The van der Waals surface area contributed by atoms with Crippen LogP contribution < -0.4 is 9.47 Å². The zero-order valence-electron chi connectivity index (χ0n) is 17.6. The molecule has 0 bridgehead atoms. The number of hydrogen-bond donors (Lipinski definition) is 0. The lowest BCUT2D eigenvalue weighted by Crippen LogP contribution is -2.09. The van der Waals surface area contributed by atoms with E-state index in [0.717, 1.165) is 4.47 Å². The molecule has 0 atom stereocenters. The summed E-state index contributed by atoms with van der Waals surface area (Å²) in [4.78, 5) is 39.2. The lowest BCUT2D eigenvalue weighted by molar-refractivity contribution is -0.384. The van der Waals surface area contributed by atoms with Crippen molar-refractivity contribution in [3.63, 3.8) is 0 Å². The largest absolute Gasteiger partial charge is 0.493 e. The summed E-state index contributed by atoms with van der Waals surface area (Å²) in [5.74, 6) is -0.716. The molecule has 1 heterocycles. The van der Waals surface area contributed by atoms with Crippen molar-refractivity contribution < 1.29 is 28.7 Å². The van der Waals surface area contributed by atoms with Gasteiger partial charge in [0.25, 0.3) is 5.69 Å². The van der Waals surface area contributed by atoms with Crippen LogP contribution in [0.5, 0.6) is 11.5 Å². The molecule has 0 aliphatic carbocycles. The minimum absolute atomic E-state index is 0.107. The number of cyclic esters (lactones) is 1. The van der Waals surface area contributed by atoms with Gasteiger partial charge in [0, 0.05) is 22.2 Å². The second kappa shape index (κ2) is 9.67. The van der Waals surface area contributed by atoms with Crippen LogP contribution in [0.4, 0.5) is 5.69 Å². The normalized spacial score (nSPS) is 13.9. The smallest absolute Gasteiger partial charge is 0.363 e. The number of methoxy groups -OCH3 is 1. The van der Waals surface area contributed by atoms with E-state index in [2.05, 4.69) is 20.9 Å². The van der Waals surface area contributed by atoms with Gasteiger partial charge >= 0.3 is 11.9 Å². The zero-order valence-corrected chi connectivity index (χ0v) is 19.1. The summed E-state index contributed by atoms with van der Waals surface area (Å²) in [6, 6.07) is 16.9. The predicted molar refractivity (Wildman–Crippen MR) is 126 cm³/mol. The van der Waals surface area contributed by atoms with Gasteiger partial charge in [-0.05, 0) is 60.2 Å². The number of non-ortho nitro benzene ring substituents is 1. The molecule has 0 spiro atoms. The number of ether oxygens (including phenoxy) is 3. The third kappa shape index (κ3) is 5.02. The summed E-state index contributed by atoms with van der Waals surface area (Å²) < 4.78 is 16.8. The Morgan fingerprint density at radius 2 is 1.76 bits per heavy atom. The van der Waals surface area contributed by atoms with Crippen molar-refractivity contribution in [1.82, 2.24) is 0 Å². The van der Waals surface area contributed by atoms with Crippen molar-refractivity contribution in [2.45, 2.75) is 0 Å². The Bertz CT molecular complexity index is 1350. The van der Waals surface area contributed by atoms with Crippen molar-refractivity contribution in [2.24, 2.45) is 4.99 Å². The monoisotopic (exact) mass is 522 g/mol. The molecule has 0 N–H and O–H groups in total. The molecule has 0 fully saturated rings. The fraction of sp³-hybridized carbons (Fsp3) is 0.0417. The Morgan fingerprint density at radius 3 is 2.41 bits per heavy atom. The van der Waals surface area contributed by atoms with Gasteiger partial charge in [0.2, 0.25) is 5.90 Å². The second-order valence-corrected chi connectivity index (χ2v) is 7.86. The van der Waals surface area contributed by atoms with E-state index in [0.29, 0.717) is 11.1 Å². The lowest BCUT2D eigenvalue weighted by atomic mass is 10.1. The number of nitro benzene ring substituents is 1. The standard InChI is InChI=1S/C24H15BrN2O7/c1-32-21-13-14(12-19-24(29)34-22(26-19)15-3-7-17(25)8-4-15)2-11-20(21)33-23(28)16-5-9-18(10-6-16)27(30)31/h2-13H,1H3/b19-12+. The Kier molecular flexibility index (Phi) is 6.51. The molecule has 170 valence electrons. The molecule has 0 radical (unpaired) electrons. The Balaban J connectivity index is 1.54. The van der Waals surface area contributed by atoms with Crippen LogP contribution >= 0.6 is 15.9 Å². The summed E-state index contributed by atoms with van der Waals surface area (Å²) in [5, 5.41) is 10.8. The van der Waals surface area contributed by atoms with Crippen LogP contribution in [-0.4, -0.2) is 29.9 Å². The first kappa shape index (κ1) is 22.9. The van der Waals surface area contributed by atoms with Crippen LogP contribution in [0.25, 0.3) is 6.08 Å². The van der Waals surface area contributed by atoms with Gasteiger partial charge in [0.15, 0.2) is 17.2 Å². The van der Waals surface area contributed by atoms with E-state index in [4.69, 9.17) is 14.2 Å². The Morgan fingerprint density at radius 1 is 1.06 bits per heavy atom. The highest BCUT2D eigenvalue weighted by molar-refractivity contribution is 9.10. The van der Waals surface area contributed by atoms with E-state index in [1.165, 1.54) is 43.5 Å². The van der Waals surface area contributed by atoms with Crippen molar-refractivity contribution in [2.75, 3.05) is 7.11 Å². The molecule has 3 aromatic rings. The van der Waals surface area contributed by atoms with E-state index in [1.807, 2.05) is 12.1 Å². The van der Waals surface area contributed by atoms with Crippen LogP contribution in [0, 0.1) is 10.1 Å². The van der Waals surface area contributed by atoms with Crippen LogP contribution in [0.15, 0.2) is 81.9 Å². The van der Waals surface area contributed by atoms with Gasteiger partial charge in [-0.2, -0.15) is 0 Å². The molecule has 0 amide bonds. The van der Waals surface area contributed by atoms with Crippen LogP contribution in [-0.2, 0) is 9.53 Å². The SMILES string of the molecule is COc1cc(/C=C2/N=C(c3ccc(Br)cc3)OC2=O)ccc1OC(=O)c1ccc([N+](=O)[O-])cc1. The molecule has 0 saturated carbocycles. The van der Waals surface area contributed by atoms with Crippen LogP contribution in [0.1, 0.15) is 21.5 Å². The van der Waals surface area contributed by atoms with Gasteiger partial charge in [-0.1, -0.05) is 22.0 Å². The van der Waals surface area contributed by atoms with E-state index < -0.39 is 16.9 Å². The van der Waals surface area contributed by atoms with Crippen molar-refractivity contribution in [3.8, 4) is 11.5 Å². The number of rotatable bonds is 6. The van der Waals surface area contributed by atoms with E-state index in [9.17, 15) is 19.7 Å². The third-order valence-electron chi connectivity index (χ3n) is 4.72. The molecule has 3 aromatic carbocycles. The Hall–Kier alpha value is -4.31. The molecular weight excluding hydrogens is 508 g/mol. The maximum atomic E-state index is 12.4. The topological polar surface area (TPSA) is 117 Å². The highest BCUT2D eigenvalue weighted by Gasteiger charge is 2.24. The van der Waals surface area contributed by atoms with Crippen LogP contribution in [0.3, 0.4) is 0 Å². The molecule has 0 unspecified atom stereocenters. The van der Waals surface area contributed by atoms with Crippen molar-refractivity contribution in [3.05, 3.63) is 104 Å². The number of hydrogen-bond acceptors (Lipinski definition) is 8. The average molecular weight is 523 g/mol. The van der Waals surface area contributed by atoms with Gasteiger partial charge in [0.05, 0.1) is 17.6 Å². The van der Waals surface area contributed by atoms with Gasteiger partial charge in [-0.25, -0.2) is 14.6 Å². The zero-order chi connectivity index (χ0) is 24.2. The van der Waals surface area contributed by atoms with Crippen LogP contribution in [0.2, 0.25) is 0 Å². The van der Waals surface area contributed by atoms with E-state index >= 15 is 0 Å². The predicted octanol–water partition coefficient (Wildman–Crippen LogP) is 4.93. The minimum atomic E-state index is -0.706. The molecular formula is C24H15BrN2O7. The first-order valence-corrected chi connectivity index (χ1v) is 10.6. The molecule has 1 aliphatic rings. The summed E-state index contributed by atoms with van der Waals surface area (Å²) in [7, 11) is 1.41. The summed E-state index contributed by atoms with van der Waals surface area (Å²) in [6.07, 6.45) is 1.53. The van der Waals surface area contributed by atoms with Crippen molar-refractivity contribution in [1.29, 1.82) is 0 Å². The first-order chi connectivity index (χ1) is 16.3. The molecule has 10 heteroatoms. The molecule has 0 saturated heterocycles. The number of esters is 2. The molecule has 4 rings (SSSR count). The molecule has 0 aromatic heterocycles. The third-order valence-corrected chi connectivity index (χ3v) is 5.25. The highest BCUT2D eigenvalue weighted by Crippen LogP contribution is 2.30. The van der Waals surface area contributed by atoms with Crippen molar-refractivity contribution >= 4 is 45.5 Å². The summed E-state index contributed by atoms with van der Waals surface area (Å²) >= 11 is 3.35. The maximum absolute atomic E-state index is 12.4. The Labute approximate surface area is 201 Å². The summed E-state index contributed by atoms with van der Waals surface area (Å²) in [6.45, 7) is 0. The first-order valence-electron chi connectivity index (χ1n) is 9.77. The molecule has 9 nitrogen and oxygen atoms in total. The number of nitrogens with zero attached hydrogens (tertiary/aromatic N) is 2. The number of aliphatic imine (C=N–C) groups is 1. The second-order valence-electron chi connectivity index (χ2n) is 6.95. The van der Waals surface area contributed by atoms with Gasteiger partial charge < -0.3 is 14.2 Å². The minimum Gasteiger partial charge on any atom is -0.493 e. The lowest BCUT2D eigenvalue weighted by Gasteiger charge is -2.10. The molecule has 1 aliphatic heterocycles. The summed E-state index contributed by atoms with van der Waals surface area (Å²) in [5.41, 5.74) is 1.34. The molecule has 34 heavy (non-hydrogen) atoms. The van der Waals surface area contributed by atoms with Gasteiger partial charge in [0.1, 0.15) is 0 Å². The number of carbonyl (C=O) groups is 2. The van der Waals surface area contributed by atoms with E-state index in [-0.39, 0.29) is 34.3 Å². The number of carbonyl (C=O) groups excluding carboxylic acids is 2. The highest BCUT2D eigenvalue weighted by atomic mass is 79.9. The quantitative estimate of drug-likeness (QED) is 0.148. The number of halogens is 1. The number of benzene rings is 3. The average Bonchev–Trinajstić information content (AvgIpc) is 3.20. The van der Waals surface area contributed by atoms with Gasteiger partial charge in [-0.3, -0.25) is 10.1 Å². The maximum Gasteiger partial charge on any atom is 0.363 e. The number of nitro groups is 1. The van der Waals surface area contributed by atoms with Gasteiger partial charge in [-0.15, -0.1) is 0 Å². The fourth-order valence-corrected chi connectivity index (χ4v) is 3.28.